The zero-order valence-corrected chi connectivity index (χ0v) is 16.3. The Kier molecular flexibility index (Phi) is 3.58. The van der Waals surface area contributed by atoms with Gasteiger partial charge in [0.25, 0.3) is 5.82 Å². The van der Waals surface area contributed by atoms with Crippen molar-refractivity contribution in [1.82, 2.24) is 14.6 Å². The van der Waals surface area contributed by atoms with Crippen molar-refractivity contribution in [1.29, 1.82) is 0 Å². The SMILES string of the molecule is Cc1nc2c(-c3nc4cccc[n+]4n3-c3c(C)cccc3C)cccc2s1. The average molecular weight is 371 g/mol. The zero-order chi connectivity index (χ0) is 18.5. The van der Waals surface area contributed by atoms with E-state index in [-0.39, 0.29) is 0 Å². The van der Waals surface area contributed by atoms with Gasteiger partial charge in [-0.25, -0.2) is 4.98 Å². The first-order valence-corrected chi connectivity index (χ1v) is 9.77. The number of hydrogen-bond donors (Lipinski definition) is 0. The highest BCUT2D eigenvalue weighted by atomic mass is 32.1. The van der Waals surface area contributed by atoms with Crippen molar-refractivity contribution in [3.05, 3.63) is 76.9 Å². The Hall–Kier alpha value is -3.05. The van der Waals surface area contributed by atoms with Crippen molar-refractivity contribution in [2.24, 2.45) is 0 Å². The molecule has 0 fully saturated rings. The monoisotopic (exact) mass is 371 g/mol. The Morgan fingerprint density at radius 1 is 0.852 bits per heavy atom. The normalized spacial score (nSPS) is 11.5. The molecular formula is C22H19N4S+. The number of aromatic nitrogens is 4. The Morgan fingerprint density at radius 3 is 2.44 bits per heavy atom. The topological polar surface area (TPSA) is 34.8 Å². The summed E-state index contributed by atoms with van der Waals surface area (Å²) in [4.78, 5) is 9.79. The molecule has 0 saturated carbocycles. The van der Waals surface area contributed by atoms with Crippen molar-refractivity contribution in [2.75, 3.05) is 0 Å². The predicted octanol–water partition coefficient (Wildman–Crippen LogP) is 4.81. The lowest BCUT2D eigenvalue weighted by atomic mass is 10.1. The van der Waals surface area contributed by atoms with Crippen molar-refractivity contribution < 1.29 is 4.52 Å². The van der Waals surface area contributed by atoms with Crippen LogP contribution in [0.25, 0.3) is 32.9 Å². The molecule has 0 bridgehead atoms. The van der Waals surface area contributed by atoms with Gasteiger partial charge in [-0.15, -0.1) is 20.5 Å². The van der Waals surface area contributed by atoms with E-state index in [1.54, 1.807) is 11.3 Å². The quantitative estimate of drug-likeness (QED) is 0.417. The first kappa shape index (κ1) is 16.1. The van der Waals surface area contributed by atoms with Gasteiger partial charge >= 0.3 is 5.65 Å². The van der Waals surface area contributed by atoms with Crippen LogP contribution in [-0.4, -0.2) is 14.6 Å². The number of nitrogens with zero attached hydrogens (tertiary/aromatic N) is 4. The second kappa shape index (κ2) is 5.99. The molecule has 5 heteroatoms. The lowest BCUT2D eigenvalue weighted by molar-refractivity contribution is -0.597. The molecule has 0 saturated heterocycles. The van der Waals surface area contributed by atoms with Gasteiger partial charge in [-0.1, -0.05) is 30.3 Å². The lowest BCUT2D eigenvalue weighted by Crippen LogP contribution is -2.32. The standard InChI is InChI=1S/C22H19N4S/c1-14-8-6-9-15(2)21(14)26-22(24-19-12-4-5-13-25(19)26)17-10-7-11-18-20(17)23-16(3)27-18/h4-13H,1-3H3/q+1. The van der Waals surface area contributed by atoms with Crippen LogP contribution in [0.5, 0.6) is 0 Å². The second-order valence-electron chi connectivity index (χ2n) is 6.78. The number of hydrogen-bond acceptors (Lipinski definition) is 3. The van der Waals surface area contributed by atoms with Crippen LogP contribution >= 0.6 is 11.3 Å². The third-order valence-corrected chi connectivity index (χ3v) is 5.81. The van der Waals surface area contributed by atoms with Crippen molar-refractivity contribution in [3.8, 4) is 17.1 Å². The summed E-state index contributed by atoms with van der Waals surface area (Å²) in [5.41, 5.74) is 6.59. The van der Waals surface area contributed by atoms with Gasteiger partial charge < -0.3 is 0 Å². The maximum Gasteiger partial charge on any atom is 0.349 e. The van der Waals surface area contributed by atoms with E-state index in [2.05, 4.69) is 72.6 Å². The number of rotatable bonds is 2. The maximum atomic E-state index is 4.99. The summed E-state index contributed by atoms with van der Waals surface area (Å²) in [6.07, 6.45) is 2.06. The maximum absolute atomic E-state index is 4.99. The van der Waals surface area contributed by atoms with Crippen molar-refractivity contribution in [2.45, 2.75) is 20.8 Å². The number of pyridine rings is 1. The van der Waals surface area contributed by atoms with Gasteiger partial charge in [0.15, 0.2) is 0 Å². The van der Waals surface area contributed by atoms with Crippen molar-refractivity contribution in [3.63, 3.8) is 0 Å². The van der Waals surface area contributed by atoms with Gasteiger partial charge in [-0.05, 0) is 55.1 Å². The molecule has 27 heavy (non-hydrogen) atoms. The van der Waals surface area contributed by atoms with Crippen LogP contribution in [0.15, 0.2) is 60.8 Å². The molecular weight excluding hydrogens is 352 g/mol. The van der Waals surface area contributed by atoms with Gasteiger partial charge in [-0.2, -0.15) is 0 Å². The van der Waals surface area contributed by atoms with Crippen LogP contribution in [-0.2, 0) is 0 Å². The Balaban J connectivity index is 1.94. The first-order valence-electron chi connectivity index (χ1n) is 8.96. The second-order valence-corrected chi connectivity index (χ2v) is 8.01. The van der Waals surface area contributed by atoms with E-state index >= 15 is 0 Å². The number of para-hydroxylation sites is 2. The van der Waals surface area contributed by atoms with Crippen LogP contribution in [0.2, 0.25) is 0 Å². The highest BCUT2D eigenvalue weighted by Crippen LogP contribution is 2.32. The molecule has 4 nitrogen and oxygen atoms in total. The molecule has 0 spiro atoms. The molecule has 3 heterocycles. The largest absolute Gasteiger partial charge is 0.349 e. The molecule has 0 unspecified atom stereocenters. The fourth-order valence-electron chi connectivity index (χ4n) is 3.71. The molecule has 132 valence electrons. The molecule has 5 rings (SSSR count). The summed E-state index contributed by atoms with van der Waals surface area (Å²) in [6, 6.07) is 18.8. The van der Waals surface area contributed by atoms with Crippen LogP contribution in [0.1, 0.15) is 16.1 Å². The molecule has 2 aromatic carbocycles. The molecule has 0 amide bonds. The highest BCUT2D eigenvalue weighted by molar-refractivity contribution is 7.18. The van der Waals surface area contributed by atoms with Crippen LogP contribution in [0.3, 0.4) is 0 Å². The number of thiazole rings is 1. The van der Waals surface area contributed by atoms with Crippen LogP contribution in [0, 0.1) is 20.8 Å². The summed E-state index contributed by atoms with van der Waals surface area (Å²) in [6.45, 7) is 6.35. The smallest absolute Gasteiger partial charge is 0.241 e. The Bertz CT molecular complexity index is 1290. The third-order valence-electron chi connectivity index (χ3n) is 4.87. The highest BCUT2D eigenvalue weighted by Gasteiger charge is 2.26. The minimum atomic E-state index is 0.912. The molecule has 0 aliphatic rings. The predicted molar refractivity (Wildman–Crippen MR) is 110 cm³/mol. The molecule has 0 aliphatic heterocycles. The minimum absolute atomic E-state index is 0.912. The number of benzene rings is 2. The summed E-state index contributed by atoms with van der Waals surface area (Å²) in [5, 5.41) is 1.07. The summed E-state index contributed by atoms with van der Waals surface area (Å²) >= 11 is 1.72. The van der Waals surface area contributed by atoms with E-state index < -0.39 is 0 Å². The van der Waals surface area contributed by atoms with Gasteiger partial charge in [0, 0.05) is 6.07 Å². The molecule has 0 N–H and O–H groups in total. The van der Waals surface area contributed by atoms with Crippen LogP contribution < -0.4 is 4.52 Å². The summed E-state index contributed by atoms with van der Waals surface area (Å²) in [7, 11) is 0. The number of fused-ring (bicyclic) bond motifs is 2. The number of aryl methyl sites for hydroxylation is 3. The van der Waals surface area contributed by atoms with Gasteiger partial charge in [-0.3, -0.25) is 0 Å². The summed E-state index contributed by atoms with van der Waals surface area (Å²) < 4.78 is 5.52. The third kappa shape index (κ3) is 2.46. The molecule has 3 aromatic heterocycles. The molecule has 5 aromatic rings. The van der Waals surface area contributed by atoms with Gasteiger partial charge in [0.05, 0.1) is 26.5 Å². The van der Waals surface area contributed by atoms with E-state index in [4.69, 9.17) is 9.97 Å². The zero-order valence-electron chi connectivity index (χ0n) is 15.5. The van der Waals surface area contributed by atoms with E-state index in [1.165, 1.54) is 15.8 Å². The van der Waals surface area contributed by atoms with Gasteiger partial charge in [0.1, 0.15) is 6.20 Å². The Morgan fingerprint density at radius 2 is 1.63 bits per heavy atom. The fourth-order valence-corrected chi connectivity index (χ4v) is 4.56. The fraction of sp³-hybridized carbons (Fsp3) is 0.136. The first-order chi connectivity index (χ1) is 13.1. The molecule has 0 radical (unpaired) electrons. The van der Waals surface area contributed by atoms with E-state index in [9.17, 15) is 0 Å². The van der Waals surface area contributed by atoms with E-state index in [0.29, 0.717) is 0 Å². The minimum Gasteiger partial charge on any atom is -0.241 e. The van der Waals surface area contributed by atoms with E-state index in [1.807, 2.05) is 18.2 Å². The van der Waals surface area contributed by atoms with Crippen molar-refractivity contribution >= 4 is 27.2 Å². The lowest BCUT2D eigenvalue weighted by Gasteiger charge is -2.10. The van der Waals surface area contributed by atoms with Crippen LogP contribution in [0.4, 0.5) is 0 Å². The average Bonchev–Trinajstić information content (AvgIpc) is 3.21. The van der Waals surface area contributed by atoms with E-state index in [0.717, 1.165) is 33.2 Å². The Labute approximate surface area is 161 Å². The summed E-state index contributed by atoms with van der Waals surface area (Å²) in [5.74, 6) is 0.912. The molecule has 0 aliphatic carbocycles. The molecule has 0 atom stereocenters. The van der Waals surface area contributed by atoms with Gasteiger partial charge in [0.2, 0.25) is 0 Å².